The van der Waals surface area contributed by atoms with Crippen LogP contribution in [0.5, 0.6) is 0 Å². The summed E-state index contributed by atoms with van der Waals surface area (Å²) in [6, 6.07) is 3.10. The normalized spacial score (nSPS) is 20.2. The fraction of sp³-hybridized carbons (Fsp3) is 0.462. The van der Waals surface area contributed by atoms with Crippen LogP contribution in [0.3, 0.4) is 0 Å². The van der Waals surface area contributed by atoms with Gasteiger partial charge in [0.05, 0.1) is 12.7 Å². The predicted molar refractivity (Wildman–Crippen MR) is 76.3 cm³/mol. The summed E-state index contributed by atoms with van der Waals surface area (Å²) in [5, 5.41) is 14.2. The number of nitrogens with zero attached hydrogens (tertiary/aromatic N) is 3. The molecular weight excluding hydrogens is 274 g/mol. The Morgan fingerprint density at radius 3 is 3.10 bits per heavy atom. The molecule has 2 rings (SSSR count). The summed E-state index contributed by atoms with van der Waals surface area (Å²) < 4.78 is 5.56. The molecule has 0 radical (unpaired) electrons. The molecule has 8 heteroatoms. The number of oxime groups is 1. The highest BCUT2D eigenvalue weighted by Crippen LogP contribution is 2.03. The third-order valence-corrected chi connectivity index (χ3v) is 3.23. The van der Waals surface area contributed by atoms with E-state index in [9.17, 15) is 4.79 Å². The second-order valence-corrected chi connectivity index (χ2v) is 4.88. The third kappa shape index (κ3) is 4.14. The molecule has 0 aromatic carbocycles. The number of likely N-dealkylation sites (N-methyl/N-ethyl adjacent to an activating group) is 1. The number of nitrogens with two attached hydrogens (primary N) is 1. The van der Waals surface area contributed by atoms with E-state index in [4.69, 9.17) is 15.7 Å². The summed E-state index contributed by atoms with van der Waals surface area (Å²) in [7, 11) is 2.02. The summed E-state index contributed by atoms with van der Waals surface area (Å²) in [5.74, 6) is -0.328. The van der Waals surface area contributed by atoms with Crippen molar-refractivity contribution >= 4 is 11.7 Å². The van der Waals surface area contributed by atoms with Crippen molar-refractivity contribution in [3.05, 3.63) is 29.6 Å². The number of nitrogens with one attached hydrogen (secondary N) is 1. The molecule has 1 atom stereocenters. The molecule has 0 saturated carbocycles. The Morgan fingerprint density at radius 1 is 1.67 bits per heavy atom. The van der Waals surface area contributed by atoms with E-state index in [0.29, 0.717) is 18.7 Å². The van der Waals surface area contributed by atoms with Crippen molar-refractivity contribution in [2.45, 2.75) is 6.10 Å². The van der Waals surface area contributed by atoms with Gasteiger partial charge in [-0.05, 0) is 19.2 Å². The molecule has 1 aromatic rings. The van der Waals surface area contributed by atoms with Gasteiger partial charge in [-0.25, -0.2) is 0 Å². The summed E-state index contributed by atoms with van der Waals surface area (Å²) in [6.07, 6.45) is 1.37. The first-order chi connectivity index (χ1) is 10.1. The Bertz CT molecular complexity index is 517. The number of carbonyl (C=O) groups excluding carboxylic acids is 1. The maximum absolute atomic E-state index is 12.0. The van der Waals surface area contributed by atoms with Gasteiger partial charge in [0.2, 0.25) is 0 Å². The minimum Gasteiger partial charge on any atom is -0.409 e. The van der Waals surface area contributed by atoms with Gasteiger partial charge in [0, 0.05) is 31.4 Å². The first-order valence-corrected chi connectivity index (χ1v) is 6.62. The average Bonchev–Trinajstić information content (AvgIpc) is 2.52. The fourth-order valence-electron chi connectivity index (χ4n) is 2.02. The molecule has 4 N–H and O–H groups in total. The molecule has 1 aliphatic rings. The monoisotopic (exact) mass is 293 g/mol. The lowest BCUT2D eigenvalue weighted by atomic mass is 10.2. The molecule has 1 aliphatic heterocycles. The van der Waals surface area contributed by atoms with Crippen LogP contribution in [0.25, 0.3) is 0 Å². The number of pyridine rings is 1. The van der Waals surface area contributed by atoms with Gasteiger partial charge in [-0.1, -0.05) is 5.16 Å². The molecule has 0 aliphatic carbocycles. The molecule has 1 amide bonds. The van der Waals surface area contributed by atoms with Gasteiger partial charge >= 0.3 is 0 Å². The zero-order chi connectivity index (χ0) is 15.2. The molecule has 1 aromatic heterocycles. The van der Waals surface area contributed by atoms with Crippen molar-refractivity contribution in [2.24, 2.45) is 10.9 Å². The van der Waals surface area contributed by atoms with Gasteiger partial charge in [-0.2, -0.15) is 0 Å². The molecule has 1 fully saturated rings. The van der Waals surface area contributed by atoms with E-state index in [2.05, 4.69) is 20.4 Å². The topological polar surface area (TPSA) is 113 Å². The van der Waals surface area contributed by atoms with Crippen LogP contribution in [0.1, 0.15) is 16.1 Å². The standard InChI is InChI=1S/C13H19N5O3/c1-18-4-5-21-10(8-18)7-16-13(19)11-3-2-9(6-15-11)12(14)17-20/h2-3,6,10,20H,4-5,7-8H2,1H3,(H2,14,17)(H,16,19). The second-order valence-electron chi connectivity index (χ2n) is 4.88. The zero-order valence-corrected chi connectivity index (χ0v) is 11.8. The van der Waals surface area contributed by atoms with Gasteiger partial charge in [-0.15, -0.1) is 0 Å². The van der Waals surface area contributed by atoms with E-state index in [1.54, 1.807) is 6.07 Å². The quantitative estimate of drug-likeness (QED) is 0.291. The van der Waals surface area contributed by atoms with Gasteiger partial charge in [0.1, 0.15) is 5.69 Å². The molecule has 1 saturated heterocycles. The lowest BCUT2D eigenvalue weighted by molar-refractivity contribution is -0.0175. The lowest BCUT2D eigenvalue weighted by Crippen LogP contribution is -2.46. The number of hydrogen-bond acceptors (Lipinski definition) is 6. The molecule has 0 spiro atoms. The third-order valence-electron chi connectivity index (χ3n) is 3.23. The molecular formula is C13H19N5O3. The minimum absolute atomic E-state index is 0.0101. The Kier molecular flexibility index (Phi) is 5.07. The largest absolute Gasteiger partial charge is 0.409 e. The van der Waals surface area contributed by atoms with Crippen molar-refractivity contribution in [1.29, 1.82) is 0 Å². The number of carbonyl (C=O) groups is 1. The molecule has 2 heterocycles. The van der Waals surface area contributed by atoms with Crippen LogP contribution in [0, 0.1) is 0 Å². The molecule has 8 nitrogen and oxygen atoms in total. The number of aromatic nitrogens is 1. The zero-order valence-electron chi connectivity index (χ0n) is 11.8. The molecule has 114 valence electrons. The predicted octanol–water partition coefficient (Wildman–Crippen LogP) is -0.763. The van der Waals surface area contributed by atoms with Crippen molar-refractivity contribution in [1.82, 2.24) is 15.2 Å². The van der Waals surface area contributed by atoms with Crippen LogP contribution in [-0.4, -0.2) is 66.2 Å². The average molecular weight is 293 g/mol. The number of rotatable bonds is 4. The van der Waals surface area contributed by atoms with E-state index in [1.165, 1.54) is 12.3 Å². The maximum Gasteiger partial charge on any atom is 0.269 e. The summed E-state index contributed by atoms with van der Waals surface area (Å²) >= 11 is 0. The van der Waals surface area contributed by atoms with Crippen molar-refractivity contribution in [2.75, 3.05) is 33.3 Å². The van der Waals surface area contributed by atoms with Crippen molar-refractivity contribution in [3.8, 4) is 0 Å². The van der Waals surface area contributed by atoms with E-state index < -0.39 is 0 Å². The number of amides is 1. The number of amidine groups is 1. The Labute approximate surface area is 122 Å². The van der Waals surface area contributed by atoms with Crippen LogP contribution in [0.2, 0.25) is 0 Å². The molecule has 21 heavy (non-hydrogen) atoms. The Balaban J connectivity index is 1.88. The van der Waals surface area contributed by atoms with Crippen molar-refractivity contribution < 1.29 is 14.7 Å². The first kappa shape index (κ1) is 15.2. The Hall–Kier alpha value is -2.19. The van der Waals surface area contributed by atoms with Crippen LogP contribution >= 0.6 is 0 Å². The lowest BCUT2D eigenvalue weighted by Gasteiger charge is -2.30. The van der Waals surface area contributed by atoms with Crippen LogP contribution in [0.4, 0.5) is 0 Å². The smallest absolute Gasteiger partial charge is 0.269 e. The van der Waals surface area contributed by atoms with E-state index in [1.807, 2.05) is 7.05 Å². The van der Waals surface area contributed by atoms with Crippen LogP contribution < -0.4 is 11.1 Å². The second kappa shape index (κ2) is 7.00. The van der Waals surface area contributed by atoms with Crippen molar-refractivity contribution in [3.63, 3.8) is 0 Å². The summed E-state index contributed by atoms with van der Waals surface area (Å²) in [4.78, 5) is 18.1. The Morgan fingerprint density at radius 2 is 2.48 bits per heavy atom. The minimum atomic E-state index is -0.280. The summed E-state index contributed by atoms with van der Waals surface area (Å²) in [6.45, 7) is 2.80. The highest BCUT2D eigenvalue weighted by atomic mass is 16.5. The molecule has 0 bridgehead atoms. The first-order valence-electron chi connectivity index (χ1n) is 6.62. The van der Waals surface area contributed by atoms with E-state index in [0.717, 1.165) is 13.1 Å². The highest BCUT2D eigenvalue weighted by molar-refractivity contribution is 5.98. The number of morpholine rings is 1. The van der Waals surface area contributed by atoms with E-state index >= 15 is 0 Å². The van der Waals surface area contributed by atoms with Gasteiger partial charge in [0.25, 0.3) is 5.91 Å². The van der Waals surface area contributed by atoms with Crippen LogP contribution in [0.15, 0.2) is 23.5 Å². The number of ether oxygens (including phenoxy) is 1. The van der Waals surface area contributed by atoms with E-state index in [-0.39, 0.29) is 23.5 Å². The SMILES string of the molecule is CN1CCOC(CNC(=O)c2ccc(C(N)=NO)cn2)C1. The fourth-order valence-corrected chi connectivity index (χ4v) is 2.02. The van der Waals surface area contributed by atoms with Gasteiger partial charge in [-0.3, -0.25) is 9.78 Å². The molecule has 1 unspecified atom stereocenters. The highest BCUT2D eigenvalue weighted by Gasteiger charge is 2.18. The number of hydrogen-bond donors (Lipinski definition) is 3. The summed E-state index contributed by atoms with van der Waals surface area (Å²) in [5.41, 5.74) is 6.15. The van der Waals surface area contributed by atoms with Gasteiger partial charge < -0.3 is 25.9 Å². The maximum atomic E-state index is 12.0. The van der Waals surface area contributed by atoms with Crippen LogP contribution in [-0.2, 0) is 4.74 Å². The van der Waals surface area contributed by atoms with Gasteiger partial charge in [0.15, 0.2) is 5.84 Å².